The molecule has 0 aromatic carbocycles. The van der Waals surface area contributed by atoms with Crippen molar-refractivity contribution >= 4 is 17.7 Å². The quantitative estimate of drug-likeness (QED) is 0.625. The van der Waals surface area contributed by atoms with Crippen LogP contribution in [0.5, 0.6) is 5.88 Å². The lowest BCUT2D eigenvalue weighted by atomic mass is 10.2. The number of nitrogens with one attached hydrogen (secondary N) is 1. The number of methoxy groups -OCH3 is 1. The van der Waals surface area contributed by atoms with Crippen LogP contribution in [0, 0.1) is 10.1 Å². The van der Waals surface area contributed by atoms with Gasteiger partial charge in [-0.3, -0.25) is 14.9 Å². The van der Waals surface area contributed by atoms with E-state index in [2.05, 4.69) is 10.3 Å². The molecule has 0 aliphatic rings. The molecular formula is C11H13N3O4. The molecule has 0 aliphatic carbocycles. The van der Waals surface area contributed by atoms with Crippen molar-refractivity contribution in [2.45, 2.75) is 6.92 Å². The summed E-state index contributed by atoms with van der Waals surface area (Å²) in [6, 6.07) is 2.74. The number of carbonyl (C=O) groups excluding carboxylic acids is 1. The lowest BCUT2D eigenvalue weighted by Crippen LogP contribution is -2.19. The summed E-state index contributed by atoms with van der Waals surface area (Å²) in [6.45, 7) is 1.67. The van der Waals surface area contributed by atoms with Gasteiger partial charge in [0, 0.05) is 25.6 Å². The lowest BCUT2D eigenvalue weighted by molar-refractivity contribution is -0.385. The Morgan fingerprint density at radius 1 is 1.61 bits per heavy atom. The monoisotopic (exact) mass is 251 g/mol. The third-order valence-electron chi connectivity index (χ3n) is 2.03. The number of amides is 1. The molecule has 1 N–H and O–H groups in total. The van der Waals surface area contributed by atoms with Gasteiger partial charge >= 0.3 is 0 Å². The Labute approximate surface area is 104 Å². The molecule has 1 rings (SSSR count). The molecule has 18 heavy (non-hydrogen) atoms. The van der Waals surface area contributed by atoms with E-state index < -0.39 is 4.92 Å². The summed E-state index contributed by atoms with van der Waals surface area (Å²) in [4.78, 5) is 24.9. The summed E-state index contributed by atoms with van der Waals surface area (Å²) in [5, 5.41) is 13.3. The Kier molecular flexibility index (Phi) is 4.79. The fourth-order valence-electron chi connectivity index (χ4n) is 1.21. The first-order chi connectivity index (χ1) is 8.54. The number of hydrogen-bond donors (Lipinski definition) is 1. The Hall–Kier alpha value is -2.44. The van der Waals surface area contributed by atoms with Gasteiger partial charge in [-0.2, -0.15) is 0 Å². The smallest absolute Gasteiger partial charge is 0.295 e. The number of hydrogen-bond acceptors (Lipinski definition) is 5. The van der Waals surface area contributed by atoms with Crippen LogP contribution in [0.3, 0.4) is 0 Å². The maximum atomic E-state index is 10.8. The summed E-state index contributed by atoms with van der Waals surface area (Å²) < 4.78 is 4.90. The molecule has 0 spiro atoms. The topological polar surface area (TPSA) is 94.4 Å². The molecule has 7 heteroatoms. The van der Waals surface area contributed by atoms with E-state index in [0.717, 1.165) is 0 Å². The number of carbonyl (C=O) groups is 1. The molecule has 0 aliphatic heterocycles. The van der Waals surface area contributed by atoms with E-state index in [-0.39, 0.29) is 23.8 Å². The maximum Gasteiger partial charge on any atom is 0.295 e. The van der Waals surface area contributed by atoms with Gasteiger partial charge in [0.1, 0.15) is 5.69 Å². The highest BCUT2D eigenvalue weighted by Gasteiger charge is 2.13. The van der Waals surface area contributed by atoms with Crippen molar-refractivity contribution < 1.29 is 14.5 Å². The standard InChI is InChI=1S/C11H13N3O4/c1-8(15)12-7-3-4-9-10(14(16)17)5-6-11(13-9)18-2/h3-6H,7H2,1-2H3,(H,12,15). The largest absolute Gasteiger partial charge is 0.481 e. The Balaban J connectivity index is 2.90. The molecule has 0 atom stereocenters. The van der Waals surface area contributed by atoms with Crippen LogP contribution < -0.4 is 10.1 Å². The number of aromatic nitrogens is 1. The minimum atomic E-state index is -0.523. The SMILES string of the molecule is COc1ccc([N+](=O)[O-])c(C=CCNC(C)=O)n1. The lowest BCUT2D eigenvalue weighted by Gasteiger charge is -2.01. The molecule has 0 fully saturated rings. The van der Waals surface area contributed by atoms with E-state index >= 15 is 0 Å². The van der Waals surface area contributed by atoms with E-state index in [0.29, 0.717) is 5.88 Å². The highest BCUT2D eigenvalue weighted by atomic mass is 16.6. The van der Waals surface area contributed by atoms with Crippen molar-refractivity contribution in [3.63, 3.8) is 0 Å². The molecule has 96 valence electrons. The number of pyridine rings is 1. The van der Waals surface area contributed by atoms with Crippen molar-refractivity contribution in [3.05, 3.63) is 34.0 Å². The number of nitrogens with zero attached hydrogens (tertiary/aromatic N) is 2. The fraction of sp³-hybridized carbons (Fsp3) is 0.273. The third kappa shape index (κ3) is 3.85. The van der Waals surface area contributed by atoms with Crippen molar-refractivity contribution in [1.29, 1.82) is 0 Å². The van der Waals surface area contributed by atoms with Gasteiger partial charge in [-0.15, -0.1) is 0 Å². The number of ether oxygens (including phenoxy) is 1. The summed E-state index contributed by atoms with van der Waals surface area (Å²) in [5.41, 5.74) is 0.0691. The predicted molar refractivity (Wildman–Crippen MR) is 65.2 cm³/mol. The summed E-state index contributed by atoms with van der Waals surface area (Å²) in [6.07, 6.45) is 3.05. The van der Waals surface area contributed by atoms with E-state index in [4.69, 9.17) is 4.74 Å². The van der Waals surface area contributed by atoms with Crippen LogP contribution in [0.4, 0.5) is 5.69 Å². The van der Waals surface area contributed by atoms with Crippen LogP contribution in [0.15, 0.2) is 18.2 Å². The highest BCUT2D eigenvalue weighted by molar-refractivity contribution is 5.73. The van der Waals surface area contributed by atoms with Gasteiger partial charge in [0.25, 0.3) is 5.69 Å². The molecule has 1 aromatic heterocycles. The Morgan fingerprint density at radius 2 is 2.33 bits per heavy atom. The molecular weight excluding hydrogens is 238 g/mol. The Morgan fingerprint density at radius 3 is 2.89 bits per heavy atom. The van der Waals surface area contributed by atoms with E-state index in [1.54, 1.807) is 6.08 Å². The second-order valence-electron chi connectivity index (χ2n) is 3.35. The van der Waals surface area contributed by atoms with E-state index in [1.807, 2.05) is 0 Å². The fourth-order valence-corrected chi connectivity index (χ4v) is 1.21. The third-order valence-corrected chi connectivity index (χ3v) is 2.03. The molecule has 0 saturated heterocycles. The zero-order chi connectivity index (χ0) is 13.5. The number of nitro groups is 1. The molecule has 0 unspecified atom stereocenters. The van der Waals surface area contributed by atoms with E-state index in [9.17, 15) is 14.9 Å². The highest BCUT2D eigenvalue weighted by Crippen LogP contribution is 2.21. The van der Waals surface area contributed by atoms with Crippen LogP contribution in [-0.2, 0) is 4.79 Å². The molecule has 1 heterocycles. The van der Waals surface area contributed by atoms with Crippen molar-refractivity contribution in [3.8, 4) is 5.88 Å². The van der Waals surface area contributed by atoms with Gasteiger partial charge in [-0.1, -0.05) is 6.08 Å². The van der Waals surface area contributed by atoms with Gasteiger partial charge in [0.05, 0.1) is 12.0 Å². The van der Waals surface area contributed by atoms with Crippen LogP contribution >= 0.6 is 0 Å². The first kappa shape index (κ1) is 13.6. The minimum Gasteiger partial charge on any atom is -0.481 e. The maximum absolute atomic E-state index is 10.8. The summed E-state index contributed by atoms with van der Waals surface area (Å²) in [7, 11) is 1.43. The summed E-state index contributed by atoms with van der Waals surface area (Å²) >= 11 is 0. The second-order valence-corrected chi connectivity index (χ2v) is 3.35. The zero-order valence-electron chi connectivity index (χ0n) is 10.0. The van der Waals surface area contributed by atoms with Crippen molar-refractivity contribution in [1.82, 2.24) is 10.3 Å². The predicted octanol–water partition coefficient (Wildman–Crippen LogP) is 1.15. The average Bonchev–Trinajstić information content (AvgIpc) is 2.33. The van der Waals surface area contributed by atoms with Crippen LogP contribution in [0.1, 0.15) is 12.6 Å². The molecule has 0 saturated carbocycles. The molecule has 0 radical (unpaired) electrons. The first-order valence-corrected chi connectivity index (χ1v) is 5.15. The number of rotatable bonds is 5. The molecule has 1 amide bonds. The normalized spacial score (nSPS) is 10.3. The van der Waals surface area contributed by atoms with Crippen LogP contribution in [0.25, 0.3) is 6.08 Å². The Bertz CT molecular complexity index is 485. The van der Waals surface area contributed by atoms with Gasteiger partial charge in [-0.05, 0) is 6.08 Å². The van der Waals surface area contributed by atoms with Gasteiger partial charge in [0.15, 0.2) is 0 Å². The van der Waals surface area contributed by atoms with Crippen molar-refractivity contribution in [2.75, 3.05) is 13.7 Å². The zero-order valence-corrected chi connectivity index (χ0v) is 10.0. The molecule has 0 bridgehead atoms. The molecule has 7 nitrogen and oxygen atoms in total. The van der Waals surface area contributed by atoms with Gasteiger partial charge in [0.2, 0.25) is 11.8 Å². The first-order valence-electron chi connectivity index (χ1n) is 5.15. The van der Waals surface area contributed by atoms with Crippen LogP contribution in [0.2, 0.25) is 0 Å². The van der Waals surface area contributed by atoms with Gasteiger partial charge < -0.3 is 10.1 Å². The minimum absolute atomic E-state index is 0.116. The van der Waals surface area contributed by atoms with Gasteiger partial charge in [-0.25, -0.2) is 4.98 Å². The summed E-state index contributed by atoms with van der Waals surface area (Å²) in [5.74, 6) is 0.118. The van der Waals surface area contributed by atoms with Crippen molar-refractivity contribution in [2.24, 2.45) is 0 Å². The molecule has 1 aromatic rings. The second kappa shape index (κ2) is 6.33. The average molecular weight is 251 g/mol. The van der Waals surface area contributed by atoms with Crippen LogP contribution in [-0.4, -0.2) is 29.5 Å². The van der Waals surface area contributed by atoms with E-state index in [1.165, 1.54) is 32.2 Å².